The van der Waals surface area contributed by atoms with Gasteiger partial charge in [0.15, 0.2) is 12.2 Å². The zero-order chi connectivity index (χ0) is 36.1. The van der Waals surface area contributed by atoms with Crippen LogP contribution >= 0.6 is 0 Å². The molecule has 0 saturated carbocycles. The molecular weight excluding hydrogens is 654 g/mol. The van der Waals surface area contributed by atoms with Crippen LogP contribution in [0.25, 0.3) is 0 Å². The highest BCUT2D eigenvalue weighted by molar-refractivity contribution is 5.92. The van der Waals surface area contributed by atoms with Crippen molar-refractivity contribution in [1.29, 1.82) is 0 Å². The van der Waals surface area contributed by atoms with Gasteiger partial charge < -0.3 is 48.9 Å². The Morgan fingerprint density at radius 1 is 0.816 bits per heavy atom. The standard InChI is InChI=1S/C31H35N3O15/c1-16(35)42-15-25-27(44-17(2)36)28(45-18(3)37)29(46-19(4)38)30(49-25)48-24-10-5-20(13-23(24)33-26(39)11-12-32)14-43-31(40)47-22-8-6-21(34-41)7-9-22/h5-10,13,25,27-30H,11-12,14-15,32H2,1-4H3,(H,33,39)/t25-,27+,28+,29-,30-/m1/s1. The van der Waals surface area contributed by atoms with Crippen molar-refractivity contribution in [3.63, 3.8) is 0 Å². The highest BCUT2D eigenvalue weighted by Gasteiger charge is 2.53. The zero-order valence-electron chi connectivity index (χ0n) is 26.9. The molecule has 0 radical (unpaired) electrons. The van der Waals surface area contributed by atoms with Gasteiger partial charge in [-0.05, 0) is 47.1 Å². The van der Waals surface area contributed by atoms with Crippen LogP contribution in [0.5, 0.6) is 11.5 Å². The molecule has 3 N–H and O–H groups in total. The van der Waals surface area contributed by atoms with Crippen molar-refractivity contribution in [3.8, 4) is 11.5 Å². The van der Waals surface area contributed by atoms with Gasteiger partial charge in [0, 0.05) is 40.7 Å². The summed E-state index contributed by atoms with van der Waals surface area (Å²) in [5, 5.41) is 5.39. The van der Waals surface area contributed by atoms with Gasteiger partial charge in [-0.2, -0.15) is 0 Å². The summed E-state index contributed by atoms with van der Waals surface area (Å²) in [6, 6.07) is 9.64. The number of carbonyl (C=O) groups excluding carboxylic acids is 6. The SMILES string of the molecule is CC(=O)OC[C@H]1O[C@@H](Oc2ccc(COC(=O)Oc3ccc(N=O)cc3)cc2NC(=O)CCN)[C@H](OC(C)=O)[C@@H](OC(C)=O)[C@H]1OC(C)=O. The van der Waals surface area contributed by atoms with Gasteiger partial charge in [-0.3, -0.25) is 24.0 Å². The average Bonchev–Trinajstić information content (AvgIpc) is 3.02. The maximum absolute atomic E-state index is 12.6. The molecule has 0 aromatic heterocycles. The maximum atomic E-state index is 12.6. The summed E-state index contributed by atoms with van der Waals surface area (Å²) >= 11 is 0. The number of nitrogens with two attached hydrogens (primary N) is 1. The molecule has 0 bridgehead atoms. The van der Waals surface area contributed by atoms with Gasteiger partial charge in [0.25, 0.3) is 0 Å². The number of carbonyl (C=O) groups is 6. The second kappa shape index (κ2) is 18.1. The summed E-state index contributed by atoms with van der Waals surface area (Å²) in [7, 11) is 0. The van der Waals surface area contributed by atoms with Gasteiger partial charge in [0.1, 0.15) is 36.5 Å². The molecule has 0 spiro atoms. The van der Waals surface area contributed by atoms with Gasteiger partial charge in [0.2, 0.25) is 18.3 Å². The van der Waals surface area contributed by atoms with E-state index in [1.165, 1.54) is 42.5 Å². The van der Waals surface area contributed by atoms with E-state index in [1.54, 1.807) is 0 Å². The van der Waals surface area contributed by atoms with Crippen LogP contribution in [0.2, 0.25) is 0 Å². The topological polar surface area (TPSA) is 244 Å². The third-order valence-corrected chi connectivity index (χ3v) is 6.38. The number of nitrogens with zero attached hydrogens (tertiary/aromatic N) is 1. The summed E-state index contributed by atoms with van der Waals surface area (Å²) in [6.45, 7) is 3.57. The first-order chi connectivity index (χ1) is 23.3. The molecule has 18 heteroatoms. The number of ether oxygens (including phenoxy) is 8. The first-order valence-corrected chi connectivity index (χ1v) is 14.7. The van der Waals surface area contributed by atoms with Gasteiger partial charge in [-0.25, -0.2) is 4.79 Å². The minimum atomic E-state index is -1.59. The molecule has 1 heterocycles. The normalized spacial score (nSPS) is 19.7. The summed E-state index contributed by atoms with van der Waals surface area (Å²) in [5.74, 6) is -3.65. The molecule has 0 aliphatic carbocycles. The number of esters is 4. The minimum Gasteiger partial charge on any atom is -0.463 e. The molecule has 49 heavy (non-hydrogen) atoms. The Morgan fingerprint density at radius 2 is 1.45 bits per heavy atom. The van der Waals surface area contributed by atoms with Crippen molar-refractivity contribution in [3.05, 3.63) is 52.9 Å². The molecule has 3 rings (SSSR count). The number of nitroso groups, excluding NO2 is 1. The van der Waals surface area contributed by atoms with Crippen LogP contribution in [0, 0.1) is 4.91 Å². The predicted molar refractivity (Wildman–Crippen MR) is 164 cm³/mol. The van der Waals surface area contributed by atoms with Crippen molar-refractivity contribution in [2.24, 2.45) is 10.9 Å². The van der Waals surface area contributed by atoms with E-state index in [4.69, 9.17) is 43.6 Å². The Kier molecular flexibility index (Phi) is 13.9. The molecule has 2 aromatic carbocycles. The van der Waals surface area contributed by atoms with E-state index in [2.05, 4.69) is 10.5 Å². The van der Waals surface area contributed by atoms with Crippen LogP contribution in [0.15, 0.2) is 47.6 Å². The lowest BCUT2D eigenvalue weighted by atomic mass is 9.98. The van der Waals surface area contributed by atoms with Crippen molar-refractivity contribution in [1.82, 2.24) is 0 Å². The van der Waals surface area contributed by atoms with Gasteiger partial charge >= 0.3 is 30.0 Å². The molecule has 1 saturated heterocycles. The van der Waals surface area contributed by atoms with Gasteiger partial charge in [-0.15, -0.1) is 4.91 Å². The molecular formula is C31H35N3O15. The molecule has 5 atom stereocenters. The fourth-order valence-electron chi connectivity index (χ4n) is 4.46. The molecule has 0 unspecified atom stereocenters. The van der Waals surface area contributed by atoms with Gasteiger partial charge in [0.05, 0.1) is 5.69 Å². The van der Waals surface area contributed by atoms with Crippen molar-refractivity contribution in [2.75, 3.05) is 18.5 Å². The zero-order valence-corrected chi connectivity index (χ0v) is 26.9. The monoisotopic (exact) mass is 689 g/mol. The summed E-state index contributed by atoms with van der Waals surface area (Å²) < 4.78 is 43.6. The van der Waals surface area contributed by atoms with E-state index in [9.17, 15) is 33.7 Å². The number of rotatable bonds is 14. The molecule has 1 aliphatic heterocycles. The summed E-state index contributed by atoms with van der Waals surface area (Å²) in [5.41, 5.74) is 6.06. The van der Waals surface area contributed by atoms with E-state index in [0.29, 0.717) is 5.56 Å². The van der Waals surface area contributed by atoms with Crippen LogP contribution in [0.4, 0.5) is 16.2 Å². The Morgan fingerprint density at radius 3 is 2.04 bits per heavy atom. The second-order valence-corrected chi connectivity index (χ2v) is 10.3. The van der Waals surface area contributed by atoms with E-state index < -0.39 is 73.3 Å². The predicted octanol–water partition coefficient (Wildman–Crippen LogP) is 2.55. The summed E-state index contributed by atoms with van der Waals surface area (Å²) in [6.07, 6.45) is -8.47. The Bertz CT molecular complexity index is 1530. The molecule has 2 aromatic rings. The number of anilines is 1. The van der Waals surface area contributed by atoms with Crippen LogP contribution in [0.1, 0.15) is 39.7 Å². The fraction of sp³-hybridized carbons (Fsp3) is 0.419. The number of nitrogens with one attached hydrogen (secondary N) is 1. The third-order valence-electron chi connectivity index (χ3n) is 6.38. The Balaban J connectivity index is 1.93. The quantitative estimate of drug-likeness (QED) is 0.125. The van der Waals surface area contributed by atoms with Crippen LogP contribution < -0.4 is 20.5 Å². The van der Waals surface area contributed by atoms with E-state index in [1.807, 2.05) is 0 Å². The molecule has 264 valence electrons. The summed E-state index contributed by atoms with van der Waals surface area (Å²) in [4.78, 5) is 83.4. The molecule has 1 fully saturated rings. The highest BCUT2D eigenvalue weighted by atomic mass is 16.7. The average molecular weight is 690 g/mol. The van der Waals surface area contributed by atoms with Crippen molar-refractivity contribution >= 4 is 47.3 Å². The fourth-order valence-corrected chi connectivity index (χ4v) is 4.46. The number of amides is 1. The lowest BCUT2D eigenvalue weighted by molar-refractivity contribution is -0.288. The first-order valence-electron chi connectivity index (χ1n) is 14.7. The Hall–Kier alpha value is -5.62. The molecule has 1 amide bonds. The Labute approximate surface area is 279 Å². The van der Waals surface area contributed by atoms with Crippen LogP contribution in [-0.2, 0) is 59.0 Å². The third kappa shape index (κ3) is 11.8. The van der Waals surface area contributed by atoms with Crippen LogP contribution in [0.3, 0.4) is 0 Å². The smallest absolute Gasteiger partial charge is 0.463 e. The molecule has 1 aliphatic rings. The lowest BCUT2D eigenvalue weighted by Crippen LogP contribution is -2.63. The van der Waals surface area contributed by atoms with Gasteiger partial charge in [-0.1, -0.05) is 6.07 Å². The van der Waals surface area contributed by atoms with E-state index in [0.717, 1.165) is 27.7 Å². The van der Waals surface area contributed by atoms with Crippen LogP contribution in [-0.4, -0.2) is 79.8 Å². The largest absolute Gasteiger partial charge is 0.514 e. The first kappa shape index (κ1) is 37.8. The van der Waals surface area contributed by atoms with Crippen molar-refractivity contribution in [2.45, 2.75) is 71.4 Å². The molecule has 18 nitrogen and oxygen atoms in total. The van der Waals surface area contributed by atoms with E-state index >= 15 is 0 Å². The van der Waals surface area contributed by atoms with E-state index in [-0.39, 0.29) is 42.4 Å². The highest BCUT2D eigenvalue weighted by Crippen LogP contribution is 2.34. The van der Waals surface area contributed by atoms with Crippen molar-refractivity contribution < 1.29 is 66.7 Å². The number of hydrogen-bond donors (Lipinski definition) is 2. The lowest BCUT2D eigenvalue weighted by Gasteiger charge is -2.44. The minimum absolute atomic E-state index is 0.0141. The maximum Gasteiger partial charge on any atom is 0.514 e. The second-order valence-electron chi connectivity index (χ2n) is 10.3. The number of hydrogen-bond acceptors (Lipinski definition) is 17. The number of benzene rings is 2.